The SMILES string of the molecule is O=C1c2ccccc2C(=O)[N]1[GaH2]. The van der Waals surface area contributed by atoms with Crippen molar-refractivity contribution in [3.05, 3.63) is 35.4 Å². The molecule has 0 saturated carbocycles. The van der Waals surface area contributed by atoms with E-state index >= 15 is 0 Å². The zero-order valence-electron chi connectivity index (χ0n) is 6.57. The Labute approximate surface area is 79.5 Å². The first-order valence-corrected chi connectivity index (χ1v) is 5.51. The van der Waals surface area contributed by atoms with Gasteiger partial charge < -0.3 is 0 Å². The van der Waals surface area contributed by atoms with Crippen molar-refractivity contribution in [3.63, 3.8) is 0 Å². The van der Waals surface area contributed by atoms with Gasteiger partial charge in [0.2, 0.25) is 0 Å². The van der Waals surface area contributed by atoms with E-state index < -0.39 is 0 Å². The number of carbonyl (C=O) groups excluding carboxylic acids is 2. The molecule has 0 atom stereocenters. The molecule has 4 heteroatoms. The molecule has 0 radical (unpaired) electrons. The fraction of sp³-hybridized carbons (Fsp3) is 0. The van der Waals surface area contributed by atoms with Crippen LogP contribution >= 0.6 is 0 Å². The Balaban J connectivity index is 2.67. The number of fused-ring (bicyclic) bond motifs is 1. The average molecular weight is 218 g/mol. The molecular weight excluding hydrogens is 212 g/mol. The van der Waals surface area contributed by atoms with Crippen molar-refractivity contribution in [2.45, 2.75) is 0 Å². The van der Waals surface area contributed by atoms with Gasteiger partial charge in [0.05, 0.1) is 0 Å². The summed E-state index contributed by atoms with van der Waals surface area (Å²) in [7, 11) is 0. The van der Waals surface area contributed by atoms with E-state index in [0.29, 0.717) is 11.1 Å². The predicted octanol–water partition coefficient (Wildman–Crippen LogP) is -0.169. The van der Waals surface area contributed by atoms with Gasteiger partial charge >= 0.3 is 79.2 Å². The molecule has 0 bridgehead atoms. The zero-order chi connectivity index (χ0) is 8.72. The number of carbonyl (C=O) groups is 2. The number of benzene rings is 1. The van der Waals surface area contributed by atoms with Gasteiger partial charge in [-0.05, 0) is 0 Å². The topological polar surface area (TPSA) is 37.4 Å². The molecule has 3 nitrogen and oxygen atoms in total. The van der Waals surface area contributed by atoms with Crippen molar-refractivity contribution in [3.8, 4) is 0 Å². The van der Waals surface area contributed by atoms with E-state index in [9.17, 15) is 9.59 Å². The van der Waals surface area contributed by atoms with Gasteiger partial charge in [0.1, 0.15) is 0 Å². The van der Waals surface area contributed by atoms with Crippen LogP contribution in [-0.4, -0.2) is 34.3 Å². The molecule has 1 aliphatic rings. The average Bonchev–Trinajstić information content (AvgIpc) is 2.33. The first-order valence-electron chi connectivity index (χ1n) is 3.63. The van der Waals surface area contributed by atoms with Crippen molar-refractivity contribution in [2.24, 2.45) is 0 Å². The molecule has 0 saturated heterocycles. The second kappa shape index (κ2) is 2.50. The molecule has 2 amide bonds. The van der Waals surface area contributed by atoms with Gasteiger partial charge in [-0.25, -0.2) is 0 Å². The summed E-state index contributed by atoms with van der Waals surface area (Å²) in [6, 6.07) is 6.94. The molecule has 0 aliphatic carbocycles. The Morgan fingerprint density at radius 1 is 1.00 bits per heavy atom. The van der Waals surface area contributed by atoms with E-state index in [1.807, 2.05) is 0 Å². The van der Waals surface area contributed by atoms with Crippen LogP contribution in [-0.2, 0) is 0 Å². The molecule has 0 N–H and O–H groups in total. The molecule has 0 spiro atoms. The predicted molar refractivity (Wildman–Crippen MR) is 45.5 cm³/mol. The van der Waals surface area contributed by atoms with Crippen molar-refractivity contribution in [1.29, 1.82) is 0 Å². The summed E-state index contributed by atoms with van der Waals surface area (Å²) >= 11 is 0.0974. The molecule has 2 rings (SSSR count). The van der Waals surface area contributed by atoms with Crippen molar-refractivity contribution >= 4 is 30.7 Å². The van der Waals surface area contributed by atoms with Crippen LogP contribution < -0.4 is 0 Å². The van der Waals surface area contributed by atoms with Crippen LogP contribution in [0.4, 0.5) is 0 Å². The maximum atomic E-state index is 11.4. The fourth-order valence-corrected chi connectivity index (χ4v) is 2.32. The molecule has 58 valence electrons. The number of rotatable bonds is 0. The second-order valence-electron chi connectivity index (χ2n) is 2.71. The number of hydrogen-bond acceptors (Lipinski definition) is 2. The van der Waals surface area contributed by atoms with Crippen LogP contribution in [0.15, 0.2) is 24.3 Å². The normalized spacial score (nSPS) is 15.2. The van der Waals surface area contributed by atoms with Gasteiger partial charge in [-0.3, -0.25) is 0 Å². The van der Waals surface area contributed by atoms with Crippen LogP contribution in [0, 0.1) is 0 Å². The van der Waals surface area contributed by atoms with Gasteiger partial charge in [-0.1, -0.05) is 0 Å². The quantitative estimate of drug-likeness (QED) is 0.447. The summed E-state index contributed by atoms with van der Waals surface area (Å²) in [5.41, 5.74) is 1.10. The van der Waals surface area contributed by atoms with E-state index in [1.54, 1.807) is 24.3 Å². The Kier molecular flexibility index (Phi) is 1.59. The molecule has 0 unspecified atom stereocenters. The molecule has 1 aromatic rings. The Morgan fingerprint density at radius 2 is 1.42 bits per heavy atom. The zero-order valence-corrected chi connectivity index (χ0v) is 10.8. The third-order valence-electron chi connectivity index (χ3n) is 2.00. The number of imide groups is 1. The standard InChI is InChI=1S/C8H5NO2.Ga.2H/c10-7-5-3-1-2-4-6(5)8(11)9-7;;;/h1-4H,(H,9,10,11);;;/q;+1;;/p-1. The number of nitrogens with zero attached hydrogens (tertiary/aromatic N) is 1. The minimum atomic E-state index is -0.129. The van der Waals surface area contributed by atoms with E-state index in [0.717, 1.165) is 0 Å². The van der Waals surface area contributed by atoms with Gasteiger partial charge in [0.25, 0.3) is 0 Å². The van der Waals surface area contributed by atoms with Crippen LogP contribution in [0.2, 0.25) is 0 Å². The van der Waals surface area contributed by atoms with E-state index in [2.05, 4.69) is 0 Å². The van der Waals surface area contributed by atoms with E-state index in [-0.39, 0.29) is 30.7 Å². The summed E-state index contributed by atoms with van der Waals surface area (Å²) in [4.78, 5) is 22.7. The Bertz CT molecular complexity index is 340. The van der Waals surface area contributed by atoms with E-state index in [4.69, 9.17) is 0 Å². The van der Waals surface area contributed by atoms with Gasteiger partial charge in [0.15, 0.2) is 0 Å². The molecule has 1 aromatic carbocycles. The summed E-state index contributed by atoms with van der Waals surface area (Å²) in [6.45, 7) is 0. The summed E-state index contributed by atoms with van der Waals surface area (Å²) < 4.78 is 1.32. The Hall–Kier alpha value is -1.00. The van der Waals surface area contributed by atoms with Crippen LogP contribution in [0.5, 0.6) is 0 Å². The van der Waals surface area contributed by atoms with Crippen LogP contribution in [0.3, 0.4) is 0 Å². The van der Waals surface area contributed by atoms with Crippen molar-refractivity contribution in [2.75, 3.05) is 0 Å². The van der Waals surface area contributed by atoms with Gasteiger partial charge in [-0.15, -0.1) is 0 Å². The summed E-state index contributed by atoms with van der Waals surface area (Å²) in [6.07, 6.45) is 0. The second-order valence-corrected chi connectivity index (χ2v) is 4.59. The molecule has 12 heavy (non-hydrogen) atoms. The summed E-state index contributed by atoms with van der Waals surface area (Å²) in [5, 5.41) is 0. The fourth-order valence-electron chi connectivity index (χ4n) is 1.31. The number of amides is 2. The summed E-state index contributed by atoms with van der Waals surface area (Å²) in [5.74, 6) is -0.258. The van der Waals surface area contributed by atoms with Crippen molar-refractivity contribution in [1.82, 2.24) is 3.61 Å². The first-order chi connectivity index (χ1) is 5.72. The third-order valence-corrected chi connectivity index (χ3v) is 3.70. The van der Waals surface area contributed by atoms with Gasteiger partial charge in [-0.2, -0.15) is 0 Å². The maximum absolute atomic E-state index is 11.4. The molecule has 0 aromatic heterocycles. The Morgan fingerprint density at radius 3 is 1.83 bits per heavy atom. The monoisotopic (exact) mass is 217 g/mol. The third kappa shape index (κ3) is 0.851. The molecule has 1 heterocycles. The van der Waals surface area contributed by atoms with E-state index in [1.165, 1.54) is 3.61 Å². The molecular formula is C8H6GaNO2. The first kappa shape index (κ1) is 7.64. The van der Waals surface area contributed by atoms with Crippen molar-refractivity contribution < 1.29 is 9.59 Å². The molecule has 0 fully saturated rings. The minimum absolute atomic E-state index is 0.0974. The molecule has 1 aliphatic heterocycles. The van der Waals surface area contributed by atoms with Gasteiger partial charge in [0, 0.05) is 0 Å². The van der Waals surface area contributed by atoms with Crippen LogP contribution in [0.1, 0.15) is 20.7 Å². The van der Waals surface area contributed by atoms with Crippen LogP contribution in [0.25, 0.3) is 0 Å². The number of hydrogen-bond donors (Lipinski definition) is 0.